The van der Waals surface area contributed by atoms with E-state index in [-0.39, 0.29) is 0 Å². The molecule has 0 radical (unpaired) electrons. The molecule has 0 aromatic heterocycles. The minimum Gasteiger partial charge on any atom is -0.332 e. The van der Waals surface area contributed by atoms with Crippen molar-refractivity contribution in [3.63, 3.8) is 0 Å². The fourth-order valence-corrected chi connectivity index (χ4v) is 2.02. The van der Waals surface area contributed by atoms with E-state index in [2.05, 4.69) is 22.9 Å². The normalized spacial score (nSPS) is 10.2. The van der Waals surface area contributed by atoms with Crippen LogP contribution in [0.15, 0.2) is 60.7 Å². The summed E-state index contributed by atoms with van der Waals surface area (Å²) in [6.07, 6.45) is 0. The molecule has 0 saturated heterocycles. The Labute approximate surface area is 119 Å². The van der Waals surface area contributed by atoms with Crippen molar-refractivity contribution in [2.45, 2.75) is 6.54 Å². The zero-order valence-electron chi connectivity index (χ0n) is 10.8. The molecule has 4 heteroatoms. The zero-order chi connectivity index (χ0) is 13.5. The summed E-state index contributed by atoms with van der Waals surface area (Å²) in [5, 5.41) is 5.68. The van der Waals surface area contributed by atoms with Crippen LogP contribution in [0, 0.1) is 0 Å². The first-order valence-electron chi connectivity index (χ1n) is 6.12. The average molecular weight is 271 g/mol. The molecular weight excluding hydrogens is 254 g/mol. The summed E-state index contributed by atoms with van der Waals surface area (Å²) in [7, 11) is 1.96. The van der Waals surface area contributed by atoms with E-state index in [9.17, 15) is 0 Å². The lowest BCUT2D eigenvalue weighted by Gasteiger charge is -2.20. The van der Waals surface area contributed by atoms with E-state index in [0.29, 0.717) is 5.11 Å². The van der Waals surface area contributed by atoms with Crippen molar-refractivity contribution in [1.82, 2.24) is 10.4 Å². The lowest BCUT2D eigenvalue weighted by atomic mass is 10.2. The van der Waals surface area contributed by atoms with Crippen LogP contribution < -0.4 is 10.7 Å². The first kappa shape index (κ1) is 13.5. The summed E-state index contributed by atoms with van der Waals surface area (Å²) in [6.45, 7) is 0.789. The molecule has 0 amide bonds. The maximum Gasteiger partial charge on any atom is 0.185 e. The summed E-state index contributed by atoms with van der Waals surface area (Å²) in [5.74, 6) is 0. The third-order valence-electron chi connectivity index (χ3n) is 2.59. The highest BCUT2D eigenvalue weighted by atomic mass is 32.1. The topological polar surface area (TPSA) is 27.3 Å². The Bertz CT molecular complexity index is 513. The first-order chi connectivity index (χ1) is 9.24. The number of benzene rings is 2. The van der Waals surface area contributed by atoms with Crippen molar-refractivity contribution in [3.8, 4) is 0 Å². The summed E-state index contributed by atoms with van der Waals surface area (Å²) < 4.78 is 0. The molecule has 3 nitrogen and oxygen atoms in total. The van der Waals surface area contributed by atoms with Crippen LogP contribution in [0.25, 0.3) is 0 Å². The molecule has 2 rings (SSSR count). The lowest BCUT2D eigenvalue weighted by Crippen LogP contribution is -2.41. The van der Waals surface area contributed by atoms with Crippen LogP contribution in [-0.4, -0.2) is 17.2 Å². The lowest BCUT2D eigenvalue weighted by molar-refractivity contribution is 0.286. The second-order valence-corrected chi connectivity index (χ2v) is 4.68. The van der Waals surface area contributed by atoms with Gasteiger partial charge in [-0.25, -0.2) is 5.01 Å². The molecule has 0 aliphatic heterocycles. The number of thiocarbonyl (C=S) groups is 1. The largest absolute Gasteiger partial charge is 0.332 e. The fraction of sp³-hybridized carbons (Fsp3) is 0.133. The Balaban J connectivity index is 1.82. The maximum atomic E-state index is 5.26. The predicted molar refractivity (Wildman–Crippen MR) is 83.7 cm³/mol. The van der Waals surface area contributed by atoms with E-state index >= 15 is 0 Å². The highest BCUT2D eigenvalue weighted by molar-refractivity contribution is 7.80. The van der Waals surface area contributed by atoms with E-state index in [0.717, 1.165) is 12.2 Å². The number of nitrogens with one attached hydrogen (secondary N) is 2. The number of hydrogen-bond donors (Lipinski definition) is 2. The smallest absolute Gasteiger partial charge is 0.185 e. The molecule has 2 aromatic rings. The van der Waals surface area contributed by atoms with Crippen LogP contribution in [0.5, 0.6) is 0 Å². The molecule has 0 bridgehead atoms. The third kappa shape index (κ3) is 4.69. The van der Waals surface area contributed by atoms with Gasteiger partial charge in [0.2, 0.25) is 0 Å². The molecule has 0 spiro atoms. The standard InChI is InChI=1S/C15H17N3S/c1-18(12-13-8-4-2-5-9-13)17-15(19)16-14-10-6-3-7-11-14/h2-11H,12H2,1H3,(H2,16,17,19). The van der Waals surface area contributed by atoms with Crippen molar-refractivity contribution in [2.24, 2.45) is 0 Å². The summed E-state index contributed by atoms with van der Waals surface area (Å²) in [4.78, 5) is 0. The Morgan fingerprint density at radius 1 is 1.00 bits per heavy atom. The van der Waals surface area contributed by atoms with Crippen LogP contribution in [0.3, 0.4) is 0 Å². The monoisotopic (exact) mass is 271 g/mol. The fourth-order valence-electron chi connectivity index (χ4n) is 1.75. The minimum atomic E-state index is 0.588. The van der Waals surface area contributed by atoms with Crippen molar-refractivity contribution in [3.05, 3.63) is 66.2 Å². The summed E-state index contributed by atoms with van der Waals surface area (Å²) in [5.41, 5.74) is 5.35. The van der Waals surface area contributed by atoms with E-state index in [4.69, 9.17) is 12.2 Å². The van der Waals surface area contributed by atoms with Crippen molar-refractivity contribution in [1.29, 1.82) is 0 Å². The molecule has 0 aliphatic rings. The second kappa shape index (κ2) is 6.87. The van der Waals surface area contributed by atoms with Gasteiger partial charge in [0.1, 0.15) is 0 Å². The Morgan fingerprint density at radius 2 is 1.58 bits per heavy atom. The van der Waals surface area contributed by atoms with Gasteiger partial charge in [-0.1, -0.05) is 48.5 Å². The van der Waals surface area contributed by atoms with Crippen molar-refractivity contribution < 1.29 is 0 Å². The molecule has 2 aromatic carbocycles. The number of rotatable bonds is 4. The van der Waals surface area contributed by atoms with Crippen molar-refractivity contribution >= 4 is 23.0 Å². The quantitative estimate of drug-likeness (QED) is 0.660. The molecule has 98 valence electrons. The molecule has 0 saturated carbocycles. The van der Waals surface area contributed by atoms with Gasteiger partial charge in [0.25, 0.3) is 0 Å². The first-order valence-corrected chi connectivity index (χ1v) is 6.52. The molecule has 19 heavy (non-hydrogen) atoms. The predicted octanol–water partition coefficient (Wildman–Crippen LogP) is 3.02. The van der Waals surface area contributed by atoms with Crippen molar-refractivity contribution in [2.75, 3.05) is 12.4 Å². The maximum absolute atomic E-state index is 5.26. The minimum absolute atomic E-state index is 0.588. The van der Waals surface area contributed by atoms with Crippen LogP contribution in [0.1, 0.15) is 5.56 Å². The Hall–Kier alpha value is -1.91. The van der Waals surface area contributed by atoms with E-state index in [1.54, 1.807) is 0 Å². The molecular formula is C15H17N3S. The van der Waals surface area contributed by atoms with Gasteiger partial charge in [-0.15, -0.1) is 0 Å². The molecule has 0 fully saturated rings. The van der Waals surface area contributed by atoms with Crippen LogP contribution in [0.4, 0.5) is 5.69 Å². The Morgan fingerprint density at radius 3 is 2.21 bits per heavy atom. The Kier molecular flexibility index (Phi) is 4.89. The van der Waals surface area contributed by atoms with Gasteiger partial charge in [-0.3, -0.25) is 5.43 Å². The van der Waals surface area contributed by atoms with Gasteiger partial charge in [0.15, 0.2) is 5.11 Å². The third-order valence-corrected chi connectivity index (χ3v) is 2.78. The molecule has 0 unspecified atom stereocenters. The van der Waals surface area contributed by atoms with Gasteiger partial charge < -0.3 is 5.32 Å². The van der Waals surface area contributed by atoms with E-state index in [1.807, 2.05) is 60.6 Å². The number of para-hydroxylation sites is 1. The molecule has 2 N–H and O–H groups in total. The van der Waals surface area contributed by atoms with Crippen LogP contribution in [-0.2, 0) is 6.54 Å². The summed E-state index contributed by atoms with van der Waals surface area (Å²) >= 11 is 5.26. The van der Waals surface area contributed by atoms with E-state index < -0.39 is 0 Å². The molecule has 0 heterocycles. The molecule has 0 aliphatic carbocycles. The van der Waals surface area contributed by atoms with Gasteiger partial charge in [0, 0.05) is 19.3 Å². The number of nitrogens with zero attached hydrogens (tertiary/aromatic N) is 1. The number of anilines is 1. The highest BCUT2D eigenvalue weighted by Crippen LogP contribution is 2.05. The molecule has 0 atom stereocenters. The summed E-state index contributed by atoms with van der Waals surface area (Å²) in [6, 6.07) is 20.1. The highest BCUT2D eigenvalue weighted by Gasteiger charge is 2.02. The number of hydrogen-bond acceptors (Lipinski definition) is 2. The van der Waals surface area contributed by atoms with Crippen LogP contribution >= 0.6 is 12.2 Å². The van der Waals surface area contributed by atoms with Gasteiger partial charge >= 0.3 is 0 Å². The van der Waals surface area contributed by atoms with E-state index in [1.165, 1.54) is 5.56 Å². The van der Waals surface area contributed by atoms with Gasteiger partial charge in [-0.2, -0.15) is 0 Å². The van der Waals surface area contributed by atoms with Gasteiger partial charge in [-0.05, 0) is 29.9 Å². The second-order valence-electron chi connectivity index (χ2n) is 4.27. The SMILES string of the molecule is CN(Cc1ccccc1)NC(=S)Nc1ccccc1. The number of hydrazine groups is 1. The van der Waals surface area contributed by atoms with Crippen LogP contribution in [0.2, 0.25) is 0 Å². The average Bonchev–Trinajstić information content (AvgIpc) is 2.40. The zero-order valence-corrected chi connectivity index (χ0v) is 11.7. The van der Waals surface area contributed by atoms with Gasteiger partial charge in [0.05, 0.1) is 0 Å².